The Bertz CT molecular complexity index is 774. The molecule has 1 atom stereocenters. The Hall–Kier alpha value is -1.69. The van der Waals surface area contributed by atoms with Crippen molar-refractivity contribution in [3.8, 4) is 0 Å². The summed E-state index contributed by atoms with van der Waals surface area (Å²) in [5.74, 6) is -0.0916. The van der Waals surface area contributed by atoms with Crippen LogP contribution in [-0.4, -0.2) is 42.4 Å². The van der Waals surface area contributed by atoms with Gasteiger partial charge in [-0.05, 0) is 24.6 Å². The van der Waals surface area contributed by atoms with Crippen LogP contribution >= 0.6 is 11.6 Å². The van der Waals surface area contributed by atoms with Crippen LogP contribution in [0.15, 0.2) is 30.5 Å². The maximum atomic E-state index is 12.9. The fourth-order valence-corrected chi connectivity index (χ4v) is 3.88. The Kier molecular flexibility index (Phi) is 4.16. The van der Waals surface area contributed by atoms with E-state index in [1.54, 1.807) is 24.4 Å². The van der Waals surface area contributed by atoms with Gasteiger partial charge in [0.15, 0.2) is 0 Å². The monoisotopic (exact) mass is 346 g/mol. The van der Waals surface area contributed by atoms with E-state index in [1.807, 2.05) is 6.07 Å². The van der Waals surface area contributed by atoms with Crippen molar-refractivity contribution in [2.75, 3.05) is 19.8 Å². The van der Waals surface area contributed by atoms with E-state index in [1.165, 1.54) is 0 Å². The van der Waals surface area contributed by atoms with Gasteiger partial charge in [0.25, 0.3) is 5.91 Å². The standard InChI is InChI=1S/C18H19ClN2O3/c19-12-1-2-13-14(3-7-20-15(13)11-12)17(22)21-16-4-8-24-18(16)5-9-23-10-6-18/h1-3,7,11,16H,4-6,8-10H2,(H,21,22)/t16-/m0/s1. The van der Waals surface area contributed by atoms with Crippen molar-refractivity contribution in [3.63, 3.8) is 0 Å². The quantitative estimate of drug-likeness (QED) is 0.908. The number of hydrogen-bond donors (Lipinski definition) is 1. The number of carbonyl (C=O) groups excluding carboxylic acids is 1. The molecule has 5 nitrogen and oxygen atoms in total. The van der Waals surface area contributed by atoms with Gasteiger partial charge < -0.3 is 14.8 Å². The molecule has 0 unspecified atom stereocenters. The summed E-state index contributed by atoms with van der Waals surface area (Å²) in [4.78, 5) is 17.2. The van der Waals surface area contributed by atoms with Gasteiger partial charge >= 0.3 is 0 Å². The minimum atomic E-state index is -0.278. The van der Waals surface area contributed by atoms with E-state index in [0.717, 1.165) is 30.2 Å². The minimum Gasteiger partial charge on any atom is -0.381 e. The van der Waals surface area contributed by atoms with Crippen LogP contribution in [0.4, 0.5) is 0 Å². The van der Waals surface area contributed by atoms with Crippen molar-refractivity contribution >= 4 is 28.4 Å². The normalized spacial score (nSPS) is 22.8. The van der Waals surface area contributed by atoms with E-state index in [2.05, 4.69) is 10.3 Å². The van der Waals surface area contributed by atoms with Gasteiger partial charge in [0, 0.05) is 49.3 Å². The van der Waals surface area contributed by atoms with Gasteiger partial charge in [-0.25, -0.2) is 0 Å². The zero-order chi connectivity index (χ0) is 16.6. The van der Waals surface area contributed by atoms with Crippen LogP contribution in [-0.2, 0) is 9.47 Å². The smallest absolute Gasteiger partial charge is 0.252 e. The summed E-state index contributed by atoms with van der Waals surface area (Å²) in [6.45, 7) is 2.05. The number of amides is 1. The van der Waals surface area contributed by atoms with Crippen LogP contribution < -0.4 is 5.32 Å². The number of carbonyl (C=O) groups is 1. The first kappa shape index (κ1) is 15.8. The molecule has 2 aromatic rings. The van der Waals surface area contributed by atoms with Crippen LogP contribution in [0, 0.1) is 0 Å². The van der Waals surface area contributed by atoms with E-state index in [-0.39, 0.29) is 17.6 Å². The molecule has 2 aliphatic rings. The summed E-state index contributed by atoms with van der Waals surface area (Å²) in [7, 11) is 0. The van der Waals surface area contributed by atoms with Gasteiger partial charge in [-0.15, -0.1) is 0 Å². The Balaban J connectivity index is 1.60. The molecule has 0 saturated carbocycles. The third-order valence-electron chi connectivity index (χ3n) is 5.02. The van der Waals surface area contributed by atoms with Crippen LogP contribution in [0.5, 0.6) is 0 Å². The number of fused-ring (bicyclic) bond motifs is 1. The molecule has 0 bridgehead atoms. The van der Waals surface area contributed by atoms with E-state index in [4.69, 9.17) is 21.1 Å². The summed E-state index contributed by atoms with van der Waals surface area (Å²) in [5.41, 5.74) is 1.06. The highest BCUT2D eigenvalue weighted by atomic mass is 35.5. The summed E-state index contributed by atoms with van der Waals surface area (Å²) in [6.07, 6.45) is 4.12. The molecule has 24 heavy (non-hydrogen) atoms. The number of hydrogen-bond acceptors (Lipinski definition) is 4. The maximum absolute atomic E-state index is 12.9. The van der Waals surface area contributed by atoms with Gasteiger partial charge in [-0.2, -0.15) is 0 Å². The highest BCUT2D eigenvalue weighted by Gasteiger charge is 2.46. The first-order chi connectivity index (χ1) is 11.7. The average molecular weight is 347 g/mol. The Morgan fingerprint density at radius 2 is 2.08 bits per heavy atom. The average Bonchev–Trinajstić information content (AvgIpc) is 2.96. The van der Waals surface area contributed by atoms with Gasteiger partial charge in [-0.3, -0.25) is 9.78 Å². The van der Waals surface area contributed by atoms with Crippen molar-refractivity contribution in [1.29, 1.82) is 0 Å². The lowest BCUT2D eigenvalue weighted by Crippen LogP contribution is -2.52. The molecule has 0 aliphatic carbocycles. The number of pyridine rings is 1. The van der Waals surface area contributed by atoms with Crippen molar-refractivity contribution in [1.82, 2.24) is 10.3 Å². The fourth-order valence-electron chi connectivity index (χ4n) is 3.71. The topological polar surface area (TPSA) is 60.5 Å². The van der Waals surface area contributed by atoms with Crippen LogP contribution in [0.25, 0.3) is 10.9 Å². The zero-order valence-corrected chi connectivity index (χ0v) is 14.0. The maximum Gasteiger partial charge on any atom is 0.252 e. The molecular formula is C18H19ClN2O3. The summed E-state index contributed by atoms with van der Waals surface area (Å²) in [6, 6.07) is 7.16. The summed E-state index contributed by atoms with van der Waals surface area (Å²) < 4.78 is 11.5. The molecule has 1 N–H and O–H groups in total. The number of ether oxygens (including phenoxy) is 2. The second-order valence-electron chi connectivity index (χ2n) is 6.36. The second-order valence-corrected chi connectivity index (χ2v) is 6.80. The molecule has 126 valence electrons. The summed E-state index contributed by atoms with van der Waals surface area (Å²) in [5, 5.41) is 4.60. The molecule has 1 spiro atoms. The molecule has 4 rings (SSSR count). The molecular weight excluding hydrogens is 328 g/mol. The number of rotatable bonds is 2. The third kappa shape index (κ3) is 2.77. The number of nitrogens with one attached hydrogen (secondary N) is 1. The van der Waals surface area contributed by atoms with E-state index in [9.17, 15) is 4.79 Å². The molecule has 2 aliphatic heterocycles. The summed E-state index contributed by atoms with van der Waals surface area (Å²) >= 11 is 6.02. The van der Waals surface area contributed by atoms with Crippen molar-refractivity contribution in [2.24, 2.45) is 0 Å². The lowest BCUT2D eigenvalue weighted by molar-refractivity contribution is -0.0872. The molecule has 0 radical (unpaired) electrons. The molecule has 1 aromatic heterocycles. The molecule has 1 aromatic carbocycles. The van der Waals surface area contributed by atoms with Gasteiger partial charge in [-0.1, -0.05) is 17.7 Å². The van der Waals surface area contributed by atoms with Gasteiger partial charge in [0.05, 0.1) is 22.7 Å². The Morgan fingerprint density at radius 3 is 2.92 bits per heavy atom. The first-order valence-corrected chi connectivity index (χ1v) is 8.63. The number of benzene rings is 1. The fraction of sp³-hybridized carbons (Fsp3) is 0.444. The van der Waals surface area contributed by atoms with E-state index in [0.29, 0.717) is 30.4 Å². The highest BCUT2D eigenvalue weighted by molar-refractivity contribution is 6.31. The lowest BCUT2D eigenvalue weighted by atomic mass is 9.86. The van der Waals surface area contributed by atoms with Crippen LogP contribution in [0.1, 0.15) is 29.6 Å². The van der Waals surface area contributed by atoms with Crippen molar-refractivity contribution in [3.05, 3.63) is 41.0 Å². The molecule has 1 amide bonds. The highest BCUT2D eigenvalue weighted by Crippen LogP contribution is 2.35. The molecule has 2 fully saturated rings. The minimum absolute atomic E-state index is 0.0180. The molecule has 2 saturated heterocycles. The number of halogens is 1. The predicted molar refractivity (Wildman–Crippen MR) is 91.4 cm³/mol. The predicted octanol–water partition coefficient (Wildman–Crippen LogP) is 2.96. The van der Waals surface area contributed by atoms with Crippen LogP contribution in [0.3, 0.4) is 0 Å². The third-order valence-corrected chi connectivity index (χ3v) is 5.26. The van der Waals surface area contributed by atoms with Gasteiger partial charge in [0.1, 0.15) is 0 Å². The zero-order valence-electron chi connectivity index (χ0n) is 13.3. The Labute approximate surface area is 145 Å². The first-order valence-electron chi connectivity index (χ1n) is 8.25. The van der Waals surface area contributed by atoms with Gasteiger partial charge in [0.2, 0.25) is 0 Å². The second kappa shape index (κ2) is 6.31. The largest absolute Gasteiger partial charge is 0.381 e. The Morgan fingerprint density at radius 1 is 1.25 bits per heavy atom. The molecule has 6 heteroatoms. The number of aromatic nitrogens is 1. The van der Waals surface area contributed by atoms with E-state index >= 15 is 0 Å². The SMILES string of the molecule is O=C(N[C@H]1CCOC12CCOCC2)c1ccnc2cc(Cl)ccc12. The lowest BCUT2D eigenvalue weighted by Gasteiger charge is -2.37. The molecule has 3 heterocycles. The van der Waals surface area contributed by atoms with Crippen molar-refractivity contribution in [2.45, 2.75) is 30.9 Å². The number of nitrogens with zero attached hydrogens (tertiary/aromatic N) is 1. The van der Waals surface area contributed by atoms with E-state index < -0.39 is 0 Å². The van der Waals surface area contributed by atoms with Crippen molar-refractivity contribution < 1.29 is 14.3 Å². The van der Waals surface area contributed by atoms with Crippen LogP contribution in [0.2, 0.25) is 5.02 Å².